The summed E-state index contributed by atoms with van der Waals surface area (Å²) in [6.45, 7) is 10.9. The topological polar surface area (TPSA) is 35.2 Å². The van der Waals surface area contributed by atoms with Gasteiger partial charge in [-0.25, -0.2) is 4.98 Å². The first kappa shape index (κ1) is 26.2. The molecule has 0 radical (unpaired) electrons. The molecule has 4 heteroatoms. The van der Waals surface area contributed by atoms with Crippen LogP contribution < -0.4 is 0 Å². The second-order valence-corrected chi connectivity index (χ2v) is 11.0. The molecule has 1 aliphatic rings. The maximum atomic E-state index is 4.96. The monoisotopic (exact) mass is 526 g/mol. The van der Waals surface area contributed by atoms with Gasteiger partial charge in [-0.05, 0) is 60.7 Å². The summed E-state index contributed by atoms with van der Waals surface area (Å²) in [7, 11) is 0. The van der Waals surface area contributed by atoms with E-state index in [1.54, 1.807) is 0 Å². The second kappa shape index (κ2) is 12.0. The second-order valence-electron chi connectivity index (χ2n) is 11.0. The van der Waals surface area contributed by atoms with Gasteiger partial charge >= 0.3 is 0 Å². The van der Waals surface area contributed by atoms with E-state index in [1.165, 1.54) is 27.8 Å². The molecule has 3 aromatic carbocycles. The predicted molar refractivity (Wildman–Crippen MR) is 166 cm³/mol. The number of benzene rings is 3. The molecule has 0 amide bonds. The van der Waals surface area contributed by atoms with Crippen LogP contribution in [0.3, 0.4) is 0 Å². The summed E-state index contributed by atoms with van der Waals surface area (Å²) in [5, 5.41) is 0. The normalized spacial score (nSPS) is 14.4. The number of H-pyrrole nitrogens is 1. The Morgan fingerprint density at radius 3 is 1.93 bits per heavy atom. The molecular weight excluding hydrogens is 488 g/mol. The Bertz CT molecular complexity index is 1530. The van der Waals surface area contributed by atoms with Gasteiger partial charge in [0.1, 0.15) is 0 Å². The molecule has 3 heterocycles. The van der Waals surface area contributed by atoms with E-state index in [0.29, 0.717) is 0 Å². The third-order valence-electron chi connectivity index (χ3n) is 8.07. The van der Waals surface area contributed by atoms with Crippen molar-refractivity contribution in [1.29, 1.82) is 0 Å². The summed E-state index contributed by atoms with van der Waals surface area (Å²) < 4.78 is 0. The fraction of sp³-hybridized carbons (Fsp3) is 0.250. The van der Waals surface area contributed by atoms with Crippen LogP contribution >= 0.6 is 0 Å². The van der Waals surface area contributed by atoms with Crippen molar-refractivity contribution in [2.45, 2.75) is 26.8 Å². The first-order valence-electron chi connectivity index (χ1n) is 14.4. The highest BCUT2D eigenvalue weighted by Crippen LogP contribution is 2.28. The minimum atomic E-state index is 0.998. The molecule has 202 valence electrons. The molecule has 0 saturated carbocycles. The zero-order valence-corrected chi connectivity index (χ0v) is 23.6. The van der Waals surface area contributed by atoms with Gasteiger partial charge in [0.2, 0.25) is 0 Å². The standard InChI is InChI=1S/C36H38N4/c1-27-25-34(28(2)37-27)36-10-6-9-35(38-36)33-17-15-32(16-18-33)31-13-11-30(12-14-31)26-40-23-21-39(22-24-40)20-19-29-7-4-3-5-8-29/h3-18,25,37H,19-24,26H2,1-2H3. The van der Waals surface area contributed by atoms with E-state index in [2.05, 4.69) is 132 Å². The molecule has 5 aromatic rings. The Morgan fingerprint density at radius 1 is 0.625 bits per heavy atom. The van der Waals surface area contributed by atoms with Crippen LogP contribution in [-0.2, 0) is 13.0 Å². The smallest absolute Gasteiger partial charge is 0.0727 e. The quantitative estimate of drug-likeness (QED) is 0.229. The van der Waals surface area contributed by atoms with Crippen molar-refractivity contribution in [3.63, 3.8) is 0 Å². The Balaban J connectivity index is 1.04. The molecule has 0 bridgehead atoms. The van der Waals surface area contributed by atoms with Crippen LogP contribution in [0.25, 0.3) is 33.6 Å². The maximum Gasteiger partial charge on any atom is 0.0727 e. The van der Waals surface area contributed by atoms with Crippen molar-refractivity contribution >= 4 is 0 Å². The van der Waals surface area contributed by atoms with Crippen molar-refractivity contribution in [2.24, 2.45) is 0 Å². The summed E-state index contributed by atoms with van der Waals surface area (Å²) in [5.41, 5.74) is 11.9. The lowest BCUT2D eigenvalue weighted by atomic mass is 10.0. The fourth-order valence-corrected chi connectivity index (χ4v) is 5.73. The summed E-state index contributed by atoms with van der Waals surface area (Å²) in [4.78, 5) is 13.5. The summed E-state index contributed by atoms with van der Waals surface area (Å²) in [6, 6.07) is 37.1. The Hall–Kier alpha value is -3.99. The number of nitrogens with zero attached hydrogens (tertiary/aromatic N) is 3. The van der Waals surface area contributed by atoms with Crippen LogP contribution in [0.1, 0.15) is 22.5 Å². The predicted octanol–water partition coefficient (Wildman–Crippen LogP) is 7.39. The molecular formula is C36H38N4. The van der Waals surface area contributed by atoms with Crippen molar-refractivity contribution < 1.29 is 0 Å². The van der Waals surface area contributed by atoms with E-state index in [9.17, 15) is 0 Å². The van der Waals surface area contributed by atoms with Crippen molar-refractivity contribution in [1.82, 2.24) is 19.8 Å². The van der Waals surface area contributed by atoms with Crippen LogP contribution in [-0.4, -0.2) is 52.5 Å². The van der Waals surface area contributed by atoms with Gasteiger partial charge < -0.3 is 9.88 Å². The van der Waals surface area contributed by atoms with E-state index in [0.717, 1.165) is 74.0 Å². The van der Waals surface area contributed by atoms with Crippen molar-refractivity contribution in [2.75, 3.05) is 32.7 Å². The van der Waals surface area contributed by atoms with E-state index >= 15 is 0 Å². The van der Waals surface area contributed by atoms with Crippen LogP contribution in [0.4, 0.5) is 0 Å². The Labute approximate surface area is 238 Å². The number of hydrogen-bond acceptors (Lipinski definition) is 3. The number of piperazine rings is 1. The number of aromatic amines is 1. The van der Waals surface area contributed by atoms with E-state index in [4.69, 9.17) is 4.98 Å². The van der Waals surface area contributed by atoms with Gasteiger partial charge in [0.05, 0.1) is 11.4 Å². The minimum Gasteiger partial charge on any atom is -0.362 e. The molecule has 0 aliphatic carbocycles. The van der Waals surface area contributed by atoms with Crippen molar-refractivity contribution in [3.05, 3.63) is 126 Å². The molecule has 0 spiro atoms. The maximum absolute atomic E-state index is 4.96. The SMILES string of the molecule is Cc1cc(-c2cccc(-c3ccc(-c4ccc(CN5CCN(CCc6ccccc6)CC5)cc4)cc3)n2)c(C)[nH]1. The zero-order valence-electron chi connectivity index (χ0n) is 23.6. The fourth-order valence-electron chi connectivity index (χ4n) is 5.73. The molecule has 4 nitrogen and oxygen atoms in total. The van der Waals surface area contributed by atoms with Gasteiger partial charge in [0.25, 0.3) is 0 Å². The van der Waals surface area contributed by atoms with Gasteiger partial charge in [-0.15, -0.1) is 0 Å². The van der Waals surface area contributed by atoms with Crippen LogP contribution in [0.15, 0.2) is 103 Å². The largest absolute Gasteiger partial charge is 0.362 e. The van der Waals surface area contributed by atoms with Gasteiger partial charge in [-0.2, -0.15) is 0 Å². The van der Waals surface area contributed by atoms with Crippen LogP contribution in [0.2, 0.25) is 0 Å². The molecule has 2 aromatic heterocycles. The van der Waals surface area contributed by atoms with Gasteiger partial charge in [-0.1, -0.05) is 84.9 Å². The van der Waals surface area contributed by atoms with E-state index in [1.807, 2.05) is 0 Å². The third kappa shape index (κ3) is 6.25. The number of rotatable bonds is 8. The van der Waals surface area contributed by atoms with Crippen LogP contribution in [0.5, 0.6) is 0 Å². The van der Waals surface area contributed by atoms with E-state index in [-0.39, 0.29) is 0 Å². The lowest BCUT2D eigenvalue weighted by molar-refractivity contribution is 0.128. The van der Waals surface area contributed by atoms with Crippen LogP contribution in [0, 0.1) is 13.8 Å². The van der Waals surface area contributed by atoms with Crippen molar-refractivity contribution in [3.8, 4) is 33.6 Å². The summed E-state index contributed by atoms with van der Waals surface area (Å²) in [6.07, 6.45) is 1.14. The molecule has 1 saturated heterocycles. The summed E-state index contributed by atoms with van der Waals surface area (Å²) >= 11 is 0. The molecule has 1 aliphatic heterocycles. The first-order chi connectivity index (χ1) is 19.6. The number of pyridine rings is 1. The average molecular weight is 527 g/mol. The highest BCUT2D eigenvalue weighted by Gasteiger charge is 2.17. The average Bonchev–Trinajstić information content (AvgIpc) is 3.35. The Kier molecular flexibility index (Phi) is 7.90. The lowest BCUT2D eigenvalue weighted by Gasteiger charge is -2.34. The molecule has 1 fully saturated rings. The molecule has 1 N–H and O–H groups in total. The highest BCUT2D eigenvalue weighted by molar-refractivity contribution is 5.71. The highest BCUT2D eigenvalue weighted by atomic mass is 15.3. The number of aryl methyl sites for hydroxylation is 2. The summed E-state index contributed by atoms with van der Waals surface area (Å²) in [5.74, 6) is 0. The number of nitrogens with one attached hydrogen (secondary N) is 1. The zero-order chi connectivity index (χ0) is 27.3. The molecule has 0 unspecified atom stereocenters. The molecule has 6 rings (SSSR count). The first-order valence-corrected chi connectivity index (χ1v) is 14.4. The lowest BCUT2D eigenvalue weighted by Crippen LogP contribution is -2.46. The molecule has 0 atom stereocenters. The van der Waals surface area contributed by atoms with Gasteiger partial charge in [-0.3, -0.25) is 4.90 Å². The van der Waals surface area contributed by atoms with E-state index < -0.39 is 0 Å². The van der Waals surface area contributed by atoms with Gasteiger partial charge in [0, 0.05) is 61.8 Å². The van der Waals surface area contributed by atoms with Gasteiger partial charge in [0.15, 0.2) is 0 Å². The Morgan fingerprint density at radius 2 is 1.25 bits per heavy atom. The number of aromatic nitrogens is 2. The third-order valence-corrected chi connectivity index (χ3v) is 8.07. The number of hydrogen-bond donors (Lipinski definition) is 1. The minimum absolute atomic E-state index is 0.998. The molecule has 40 heavy (non-hydrogen) atoms.